The lowest BCUT2D eigenvalue weighted by Crippen LogP contribution is -2.68. The third-order valence-electron chi connectivity index (χ3n) is 6.09. The number of benzene rings is 1. The summed E-state index contributed by atoms with van der Waals surface area (Å²) in [6, 6.07) is 11.7. The normalized spacial score (nSPS) is 32.6. The molecular weight excluding hydrogens is 256 g/mol. The van der Waals surface area contributed by atoms with E-state index in [0.29, 0.717) is 11.6 Å². The Bertz CT molecular complexity index is 460. The van der Waals surface area contributed by atoms with E-state index in [1.807, 2.05) is 0 Å². The molecule has 1 saturated heterocycles. The first-order valence-electron chi connectivity index (χ1n) is 8.71. The maximum atomic E-state index is 3.85. The molecule has 2 unspecified atom stereocenters. The van der Waals surface area contributed by atoms with E-state index in [9.17, 15) is 0 Å². The third-order valence-corrected chi connectivity index (χ3v) is 6.09. The number of rotatable bonds is 4. The molecule has 1 heterocycles. The predicted molar refractivity (Wildman–Crippen MR) is 89.5 cm³/mol. The second-order valence-corrected chi connectivity index (χ2v) is 7.20. The highest BCUT2D eigenvalue weighted by Crippen LogP contribution is 2.44. The zero-order valence-corrected chi connectivity index (χ0v) is 13.9. The van der Waals surface area contributed by atoms with Gasteiger partial charge in [-0.15, -0.1) is 0 Å². The van der Waals surface area contributed by atoms with Gasteiger partial charge in [0.15, 0.2) is 0 Å². The van der Waals surface area contributed by atoms with Crippen LogP contribution in [0, 0.1) is 0 Å². The Balaban J connectivity index is 1.87. The zero-order chi connectivity index (χ0) is 14.9. The second kappa shape index (κ2) is 5.73. The number of hydrogen-bond donors (Lipinski definition) is 1. The Morgan fingerprint density at radius 1 is 1.19 bits per heavy atom. The van der Waals surface area contributed by atoms with Crippen molar-refractivity contribution in [1.82, 2.24) is 10.2 Å². The van der Waals surface area contributed by atoms with Gasteiger partial charge in [0.1, 0.15) is 0 Å². The molecule has 1 saturated carbocycles. The van der Waals surface area contributed by atoms with Gasteiger partial charge in [-0.25, -0.2) is 0 Å². The number of nitrogens with one attached hydrogen (secondary N) is 1. The number of piperazine rings is 1. The maximum absolute atomic E-state index is 3.85. The van der Waals surface area contributed by atoms with Gasteiger partial charge in [-0.2, -0.15) is 0 Å². The van der Waals surface area contributed by atoms with Crippen LogP contribution >= 0.6 is 0 Å². The molecule has 1 aliphatic carbocycles. The highest BCUT2D eigenvalue weighted by Gasteiger charge is 2.48. The maximum Gasteiger partial charge on any atom is 0.0535 e. The van der Waals surface area contributed by atoms with Crippen LogP contribution in [0.4, 0.5) is 0 Å². The van der Waals surface area contributed by atoms with Crippen molar-refractivity contribution in [3.63, 3.8) is 0 Å². The van der Waals surface area contributed by atoms with Crippen LogP contribution in [0.25, 0.3) is 0 Å². The van der Waals surface area contributed by atoms with Crippen molar-refractivity contribution < 1.29 is 0 Å². The molecule has 2 atom stereocenters. The van der Waals surface area contributed by atoms with E-state index in [4.69, 9.17) is 0 Å². The summed E-state index contributed by atoms with van der Waals surface area (Å²) in [5, 5.41) is 3.85. The summed E-state index contributed by atoms with van der Waals surface area (Å²) in [4.78, 5) is 2.86. The summed E-state index contributed by atoms with van der Waals surface area (Å²) in [5.74, 6) is 0. The fraction of sp³-hybridized carbons (Fsp3) is 0.684. The quantitative estimate of drug-likeness (QED) is 0.902. The molecule has 2 nitrogen and oxygen atoms in total. The molecule has 0 spiro atoms. The van der Waals surface area contributed by atoms with Gasteiger partial charge in [0.2, 0.25) is 0 Å². The molecule has 1 aliphatic heterocycles. The average Bonchev–Trinajstić information content (AvgIpc) is 2.48. The summed E-state index contributed by atoms with van der Waals surface area (Å²) in [6.45, 7) is 9.36. The summed E-state index contributed by atoms with van der Waals surface area (Å²) in [7, 11) is 0. The van der Waals surface area contributed by atoms with E-state index in [1.54, 1.807) is 0 Å². The second-order valence-electron chi connectivity index (χ2n) is 7.20. The fourth-order valence-electron chi connectivity index (χ4n) is 4.33. The van der Waals surface area contributed by atoms with Gasteiger partial charge in [0, 0.05) is 24.7 Å². The standard InChI is InChI=1S/C19H30N2/c1-4-17-14-20-18(3,16-10-7-6-8-11-16)15-21(17)19(5-2)12-9-13-19/h6-8,10-11,17,20H,4-5,9,12-15H2,1-3H3. The monoisotopic (exact) mass is 286 g/mol. The van der Waals surface area contributed by atoms with Gasteiger partial charge in [-0.3, -0.25) is 4.90 Å². The van der Waals surface area contributed by atoms with Crippen molar-refractivity contribution in [2.75, 3.05) is 13.1 Å². The summed E-state index contributed by atoms with van der Waals surface area (Å²) in [6.07, 6.45) is 6.75. The van der Waals surface area contributed by atoms with E-state index < -0.39 is 0 Å². The number of nitrogens with zero attached hydrogens (tertiary/aromatic N) is 1. The van der Waals surface area contributed by atoms with Gasteiger partial charge in [-0.05, 0) is 44.6 Å². The SMILES string of the molecule is CCC1CNC(C)(c2ccccc2)CN1C1(CC)CCC1. The van der Waals surface area contributed by atoms with Gasteiger partial charge in [0.05, 0.1) is 5.54 Å². The molecule has 1 N–H and O–H groups in total. The van der Waals surface area contributed by atoms with Crippen LogP contribution in [0.2, 0.25) is 0 Å². The van der Waals surface area contributed by atoms with Crippen LogP contribution in [0.1, 0.15) is 58.4 Å². The molecule has 0 radical (unpaired) electrons. The Kier molecular flexibility index (Phi) is 4.11. The first kappa shape index (κ1) is 15.1. The minimum Gasteiger partial charge on any atom is -0.305 e. The molecule has 0 amide bonds. The van der Waals surface area contributed by atoms with Gasteiger partial charge < -0.3 is 5.32 Å². The molecular formula is C19H30N2. The van der Waals surface area contributed by atoms with Crippen molar-refractivity contribution in [3.8, 4) is 0 Å². The molecule has 116 valence electrons. The Morgan fingerprint density at radius 2 is 1.90 bits per heavy atom. The third kappa shape index (κ3) is 2.53. The van der Waals surface area contributed by atoms with Gasteiger partial charge in [-0.1, -0.05) is 44.2 Å². The van der Waals surface area contributed by atoms with Crippen LogP contribution in [0.15, 0.2) is 30.3 Å². The lowest BCUT2D eigenvalue weighted by atomic mass is 9.71. The van der Waals surface area contributed by atoms with Crippen LogP contribution in [0.3, 0.4) is 0 Å². The fourth-order valence-corrected chi connectivity index (χ4v) is 4.33. The van der Waals surface area contributed by atoms with Crippen molar-refractivity contribution in [2.24, 2.45) is 0 Å². The van der Waals surface area contributed by atoms with E-state index in [-0.39, 0.29) is 5.54 Å². The van der Waals surface area contributed by atoms with E-state index in [0.717, 1.165) is 13.1 Å². The number of hydrogen-bond acceptors (Lipinski definition) is 2. The molecule has 2 heteroatoms. The lowest BCUT2D eigenvalue weighted by molar-refractivity contribution is -0.0614. The molecule has 3 rings (SSSR count). The van der Waals surface area contributed by atoms with Crippen LogP contribution in [-0.2, 0) is 5.54 Å². The molecule has 0 aromatic heterocycles. The summed E-state index contributed by atoms with van der Waals surface area (Å²) < 4.78 is 0. The topological polar surface area (TPSA) is 15.3 Å². The Morgan fingerprint density at radius 3 is 2.43 bits per heavy atom. The molecule has 1 aromatic carbocycles. The molecule has 2 aliphatic rings. The van der Waals surface area contributed by atoms with E-state index in [2.05, 4.69) is 61.3 Å². The summed E-state index contributed by atoms with van der Waals surface area (Å²) >= 11 is 0. The zero-order valence-electron chi connectivity index (χ0n) is 13.9. The van der Waals surface area contributed by atoms with Crippen molar-refractivity contribution in [1.29, 1.82) is 0 Å². The highest BCUT2D eigenvalue weighted by atomic mass is 15.3. The smallest absolute Gasteiger partial charge is 0.0535 e. The lowest BCUT2D eigenvalue weighted by Gasteiger charge is -2.58. The molecule has 2 fully saturated rings. The van der Waals surface area contributed by atoms with Crippen molar-refractivity contribution in [2.45, 2.75) is 70.0 Å². The molecule has 0 bridgehead atoms. The minimum absolute atomic E-state index is 0.0880. The van der Waals surface area contributed by atoms with Gasteiger partial charge >= 0.3 is 0 Å². The largest absolute Gasteiger partial charge is 0.305 e. The van der Waals surface area contributed by atoms with Crippen LogP contribution < -0.4 is 5.32 Å². The van der Waals surface area contributed by atoms with Gasteiger partial charge in [0.25, 0.3) is 0 Å². The van der Waals surface area contributed by atoms with Crippen molar-refractivity contribution >= 4 is 0 Å². The highest BCUT2D eigenvalue weighted by molar-refractivity contribution is 5.26. The van der Waals surface area contributed by atoms with Crippen LogP contribution in [0.5, 0.6) is 0 Å². The average molecular weight is 286 g/mol. The Hall–Kier alpha value is -0.860. The summed E-state index contributed by atoms with van der Waals surface area (Å²) in [5.41, 5.74) is 2.00. The van der Waals surface area contributed by atoms with E-state index in [1.165, 1.54) is 37.7 Å². The molecule has 1 aromatic rings. The van der Waals surface area contributed by atoms with Crippen molar-refractivity contribution in [3.05, 3.63) is 35.9 Å². The van der Waals surface area contributed by atoms with Crippen LogP contribution in [-0.4, -0.2) is 29.6 Å². The minimum atomic E-state index is 0.0880. The predicted octanol–water partition coefficient (Wildman–Crippen LogP) is 3.92. The van der Waals surface area contributed by atoms with E-state index >= 15 is 0 Å². The first-order valence-corrected chi connectivity index (χ1v) is 8.71. The Labute approximate surface area is 129 Å². The first-order chi connectivity index (χ1) is 10.1. The molecule has 21 heavy (non-hydrogen) atoms.